The number of benzene rings is 2. The lowest BCUT2D eigenvalue weighted by atomic mass is 10.1. The molecule has 1 atom stereocenters. The Balaban J connectivity index is 1.85. The number of aliphatic hydroxyl groups excluding tert-OH is 1. The number of aliphatic hydroxyl groups is 1. The molecule has 0 fully saturated rings. The van der Waals surface area contributed by atoms with Crippen molar-refractivity contribution < 1.29 is 24.1 Å². The zero-order valence-electron chi connectivity index (χ0n) is 14.6. The first-order chi connectivity index (χ1) is 12.0. The van der Waals surface area contributed by atoms with Gasteiger partial charge in [0.25, 0.3) is 5.91 Å². The molecule has 0 aromatic heterocycles. The highest BCUT2D eigenvalue weighted by Gasteiger charge is 2.16. The van der Waals surface area contributed by atoms with Crippen molar-refractivity contribution in [3.8, 4) is 17.2 Å². The molecule has 0 aliphatic rings. The number of carbonyl (C=O) groups is 1. The molecule has 2 aromatic carbocycles. The second-order valence-corrected chi connectivity index (χ2v) is 5.50. The predicted octanol–water partition coefficient (Wildman–Crippen LogP) is 2.18. The summed E-state index contributed by atoms with van der Waals surface area (Å²) < 4.78 is 15.8. The maximum Gasteiger partial charge on any atom is 0.255 e. The van der Waals surface area contributed by atoms with E-state index in [1.54, 1.807) is 37.4 Å². The van der Waals surface area contributed by atoms with Crippen LogP contribution in [0.3, 0.4) is 0 Å². The van der Waals surface area contributed by atoms with Gasteiger partial charge in [-0.05, 0) is 42.8 Å². The van der Waals surface area contributed by atoms with Crippen molar-refractivity contribution in [1.82, 2.24) is 5.32 Å². The van der Waals surface area contributed by atoms with Crippen LogP contribution in [0.1, 0.15) is 15.9 Å². The van der Waals surface area contributed by atoms with E-state index in [0.717, 1.165) is 11.3 Å². The van der Waals surface area contributed by atoms with E-state index in [1.807, 2.05) is 19.1 Å². The van der Waals surface area contributed by atoms with Gasteiger partial charge in [-0.15, -0.1) is 0 Å². The van der Waals surface area contributed by atoms with Gasteiger partial charge in [-0.2, -0.15) is 0 Å². The molecule has 6 heteroatoms. The first kappa shape index (κ1) is 18.6. The number of ether oxygens (including phenoxy) is 3. The van der Waals surface area contributed by atoms with E-state index in [-0.39, 0.29) is 19.1 Å². The lowest BCUT2D eigenvalue weighted by molar-refractivity contribution is 0.0840. The fourth-order valence-corrected chi connectivity index (χ4v) is 2.32. The fraction of sp³-hybridized carbons (Fsp3) is 0.316. The second-order valence-electron chi connectivity index (χ2n) is 5.50. The summed E-state index contributed by atoms with van der Waals surface area (Å²) in [6.07, 6.45) is -0.832. The number of amides is 1. The van der Waals surface area contributed by atoms with Crippen molar-refractivity contribution in [1.29, 1.82) is 0 Å². The van der Waals surface area contributed by atoms with Crippen LogP contribution in [-0.2, 0) is 0 Å². The monoisotopic (exact) mass is 345 g/mol. The van der Waals surface area contributed by atoms with E-state index in [0.29, 0.717) is 17.1 Å². The maximum absolute atomic E-state index is 12.3. The molecule has 0 radical (unpaired) electrons. The Labute approximate surface area is 147 Å². The van der Waals surface area contributed by atoms with Crippen LogP contribution in [0.2, 0.25) is 0 Å². The average Bonchev–Trinajstić information content (AvgIpc) is 2.64. The molecule has 0 bridgehead atoms. The van der Waals surface area contributed by atoms with E-state index < -0.39 is 6.10 Å². The minimum Gasteiger partial charge on any atom is -0.497 e. The van der Waals surface area contributed by atoms with Crippen molar-refractivity contribution in [2.75, 3.05) is 27.4 Å². The predicted molar refractivity (Wildman–Crippen MR) is 94.6 cm³/mol. The molecule has 1 amide bonds. The Hall–Kier alpha value is -2.73. The lowest BCUT2D eigenvalue weighted by Crippen LogP contribution is -2.35. The van der Waals surface area contributed by atoms with Crippen LogP contribution in [0, 0.1) is 6.92 Å². The number of aryl methyl sites for hydroxylation is 1. The minimum atomic E-state index is -0.832. The molecule has 134 valence electrons. The summed E-state index contributed by atoms with van der Waals surface area (Å²) in [6.45, 7) is 1.98. The molecule has 1 unspecified atom stereocenters. The smallest absolute Gasteiger partial charge is 0.255 e. The van der Waals surface area contributed by atoms with Crippen molar-refractivity contribution in [2.24, 2.45) is 0 Å². The molecule has 0 heterocycles. The van der Waals surface area contributed by atoms with Gasteiger partial charge < -0.3 is 24.6 Å². The van der Waals surface area contributed by atoms with E-state index in [4.69, 9.17) is 14.2 Å². The molecule has 0 saturated carbocycles. The van der Waals surface area contributed by atoms with Gasteiger partial charge in [0.1, 0.15) is 30.0 Å². The standard InChI is InChI=1S/C19H23NO5/c1-13-5-4-6-17(24-3)18(13)19(22)20-11-14(21)12-25-16-9-7-15(23-2)8-10-16/h4-10,14,21H,11-12H2,1-3H3,(H,20,22). The van der Waals surface area contributed by atoms with Gasteiger partial charge in [-0.1, -0.05) is 12.1 Å². The number of methoxy groups -OCH3 is 2. The van der Waals surface area contributed by atoms with Gasteiger partial charge in [0.15, 0.2) is 0 Å². The lowest BCUT2D eigenvalue weighted by Gasteiger charge is -2.15. The molecule has 0 saturated heterocycles. The molecule has 0 aliphatic heterocycles. The number of hydrogen-bond donors (Lipinski definition) is 2. The highest BCUT2D eigenvalue weighted by molar-refractivity contribution is 5.98. The average molecular weight is 345 g/mol. The van der Waals surface area contributed by atoms with Gasteiger partial charge >= 0.3 is 0 Å². The summed E-state index contributed by atoms with van der Waals surface area (Å²) in [5.74, 6) is 1.55. The maximum atomic E-state index is 12.3. The normalized spacial score (nSPS) is 11.5. The van der Waals surface area contributed by atoms with Gasteiger partial charge in [0.05, 0.1) is 19.8 Å². The highest BCUT2D eigenvalue weighted by atomic mass is 16.5. The molecule has 2 rings (SSSR count). The topological polar surface area (TPSA) is 77.0 Å². The Kier molecular flexibility index (Phi) is 6.65. The summed E-state index contributed by atoms with van der Waals surface area (Å²) in [5, 5.41) is 12.7. The summed E-state index contributed by atoms with van der Waals surface area (Å²) in [4.78, 5) is 12.3. The third kappa shape index (κ3) is 5.12. The SMILES string of the molecule is COc1ccc(OCC(O)CNC(=O)c2c(C)cccc2OC)cc1. The molecule has 0 spiro atoms. The van der Waals surface area contributed by atoms with Crippen LogP contribution >= 0.6 is 0 Å². The third-order valence-electron chi connectivity index (χ3n) is 3.68. The number of carbonyl (C=O) groups excluding carboxylic acids is 1. The number of nitrogens with one attached hydrogen (secondary N) is 1. The highest BCUT2D eigenvalue weighted by Crippen LogP contribution is 2.21. The minimum absolute atomic E-state index is 0.0670. The van der Waals surface area contributed by atoms with Gasteiger partial charge in [0.2, 0.25) is 0 Å². The molecule has 2 aromatic rings. The summed E-state index contributed by atoms with van der Waals surface area (Å²) in [7, 11) is 3.11. The van der Waals surface area contributed by atoms with Gasteiger partial charge in [-0.3, -0.25) is 4.79 Å². The molecular weight excluding hydrogens is 322 g/mol. The van der Waals surface area contributed by atoms with Crippen molar-refractivity contribution in [3.05, 3.63) is 53.6 Å². The first-order valence-corrected chi connectivity index (χ1v) is 7.92. The zero-order valence-corrected chi connectivity index (χ0v) is 14.6. The Morgan fingerprint density at radius 3 is 2.40 bits per heavy atom. The van der Waals surface area contributed by atoms with Crippen LogP contribution in [0.4, 0.5) is 0 Å². The zero-order chi connectivity index (χ0) is 18.2. The molecular formula is C19H23NO5. The third-order valence-corrected chi connectivity index (χ3v) is 3.68. The van der Waals surface area contributed by atoms with E-state index in [1.165, 1.54) is 7.11 Å². The van der Waals surface area contributed by atoms with Crippen LogP contribution < -0.4 is 19.5 Å². The van der Waals surface area contributed by atoms with Crippen molar-refractivity contribution in [2.45, 2.75) is 13.0 Å². The Morgan fingerprint density at radius 1 is 1.08 bits per heavy atom. The number of hydrogen-bond acceptors (Lipinski definition) is 5. The molecule has 25 heavy (non-hydrogen) atoms. The summed E-state index contributed by atoms with van der Waals surface area (Å²) in [6, 6.07) is 12.4. The Morgan fingerprint density at radius 2 is 1.76 bits per heavy atom. The molecule has 2 N–H and O–H groups in total. The number of rotatable bonds is 8. The van der Waals surface area contributed by atoms with Gasteiger partial charge in [0, 0.05) is 6.54 Å². The summed E-state index contributed by atoms with van der Waals surface area (Å²) >= 11 is 0. The van der Waals surface area contributed by atoms with Crippen LogP contribution in [0.5, 0.6) is 17.2 Å². The van der Waals surface area contributed by atoms with Gasteiger partial charge in [-0.25, -0.2) is 0 Å². The quantitative estimate of drug-likeness (QED) is 0.767. The van der Waals surface area contributed by atoms with Crippen LogP contribution in [0.25, 0.3) is 0 Å². The first-order valence-electron chi connectivity index (χ1n) is 7.92. The summed E-state index contributed by atoms with van der Waals surface area (Å²) in [5.41, 5.74) is 1.27. The second kappa shape index (κ2) is 8.94. The molecule has 0 aliphatic carbocycles. The fourth-order valence-electron chi connectivity index (χ4n) is 2.32. The van der Waals surface area contributed by atoms with E-state index in [9.17, 15) is 9.90 Å². The largest absolute Gasteiger partial charge is 0.497 e. The Bertz CT molecular complexity index is 699. The van der Waals surface area contributed by atoms with E-state index in [2.05, 4.69) is 5.32 Å². The van der Waals surface area contributed by atoms with Crippen LogP contribution in [0.15, 0.2) is 42.5 Å². The van der Waals surface area contributed by atoms with E-state index >= 15 is 0 Å². The van der Waals surface area contributed by atoms with Crippen molar-refractivity contribution >= 4 is 5.91 Å². The molecule has 6 nitrogen and oxygen atoms in total. The van der Waals surface area contributed by atoms with Crippen molar-refractivity contribution in [3.63, 3.8) is 0 Å². The van der Waals surface area contributed by atoms with Crippen LogP contribution in [-0.4, -0.2) is 44.5 Å².